The monoisotopic (exact) mass is 428 g/mol. The summed E-state index contributed by atoms with van der Waals surface area (Å²) in [5.41, 5.74) is 0.642. The van der Waals surface area contributed by atoms with E-state index in [1.54, 1.807) is 6.07 Å². The first-order valence-corrected chi connectivity index (χ1v) is 11.2. The lowest BCUT2D eigenvalue weighted by molar-refractivity contribution is -0.121. The van der Waals surface area contributed by atoms with E-state index in [2.05, 4.69) is 20.5 Å². The molecule has 0 unspecified atom stereocenters. The summed E-state index contributed by atoms with van der Waals surface area (Å²) in [5.74, 6) is 1.57. The summed E-state index contributed by atoms with van der Waals surface area (Å²) in [6.07, 6.45) is 6.66. The predicted molar refractivity (Wildman–Crippen MR) is 118 cm³/mol. The average molecular weight is 429 g/mol. The Labute approximate surface area is 182 Å². The Bertz CT molecular complexity index is 893. The standard InChI is InChI=1S/C23H32N4O4/c1-2-30-13-14-31-19-10-6-9-18(15-19)22-25-23(29)20(26-27-22)11-12-21(28)24-16-17-7-4-3-5-8-17/h6,9-10,15,17H,2-5,7-8,11-14,16H2,1H3,(H,24,28)(H,25,27,29). The topological polar surface area (TPSA) is 106 Å². The van der Waals surface area contributed by atoms with Gasteiger partial charge in [-0.2, -0.15) is 0 Å². The number of rotatable bonds is 11. The van der Waals surface area contributed by atoms with Gasteiger partial charge in [-0.05, 0) is 37.8 Å². The highest BCUT2D eigenvalue weighted by Crippen LogP contribution is 2.23. The molecule has 1 aliphatic rings. The lowest BCUT2D eigenvalue weighted by Crippen LogP contribution is -2.31. The smallest absolute Gasteiger partial charge is 0.273 e. The Kier molecular flexibility index (Phi) is 9.02. The quantitative estimate of drug-likeness (QED) is 0.533. The van der Waals surface area contributed by atoms with Crippen molar-refractivity contribution in [2.24, 2.45) is 5.92 Å². The van der Waals surface area contributed by atoms with Crippen LogP contribution in [0.5, 0.6) is 5.75 Å². The molecule has 8 heteroatoms. The van der Waals surface area contributed by atoms with Crippen LogP contribution in [0, 0.1) is 5.92 Å². The Morgan fingerprint density at radius 3 is 2.81 bits per heavy atom. The Balaban J connectivity index is 1.51. The van der Waals surface area contributed by atoms with Gasteiger partial charge in [0, 0.05) is 31.6 Å². The van der Waals surface area contributed by atoms with Gasteiger partial charge in [-0.1, -0.05) is 31.4 Å². The summed E-state index contributed by atoms with van der Waals surface area (Å²) < 4.78 is 10.9. The van der Waals surface area contributed by atoms with E-state index in [9.17, 15) is 9.59 Å². The molecule has 0 aliphatic heterocycles. The second-order valence-corrected chi connectivity index (χ2v) is 7.83. The van der Waals surface area contributed by atoms with Gasteiger partial charge in [0.1, 0.15) is 18.1 Å². The summed E-state index contributed by atoms with van der Waals surface area (Å²) in [6, 6.07) is 7.29. The molecule has 2 aromatic rings. The third kappa shape index (κ3) is 7.47. The van der Waals surface area contributed by atoms with Gasteiger partial charge in [-0.15, -0.1) is 10.2 Å². The highest BCUT2D eigenvalue weighted by molar-refractivity contribution is 5.76. The van der Waals surface area contributed by atoms with Crippen molar-refractivity contribution in [3.05, 3.63) is 40.3 Å². The number of amides is 1. The van der Waals surface area contributed by atoms with E-state index in [1.807, 2.05) is 25.1 Å². The molecule has 1 heterocycles. The molecule has 8 nitrogen and oxygen atoms in total. The van der Waals surface area contributed by atoms with E-state index in [4.69, 9.17) is 9.47 Å². The lowest BCUT2D eigenvalue weighted by Gasteiger charge is -2.21. The number of carbonyl (C=O) groups excluding carboxylic acids is 1. The van der Waals surface area contributed by atoms with Crippen molar-refractivity contribution in [2.75, 3.05) is 26.4 Å². The number of aryl methyl sites for hydroxylation is 1. The van der Waals surface area contributed by atoms with Crippen molar-refractivity contribution in [2.45, 2.75) is 51.9 Å². The number of benzene rings is 1. The number of hydrogen-bond donors (Lipinski definition) is 2. The van der Waals surface area contributed by atoms with Crippen LogP contribution in [0.15, 0.2) is 29.1 Å². The zero-order valence-corrected chi connectivity index (χ0v) is 18.2. The zero-order valence-electron chi connectivity index (χ0n) is 18.2. The Morgan fingerprint density at radius 2 is 2.03 bits per heavy atom. The van der Waals surface area contributed by atoms with E-state index in [1.165, 1.54) is 32.1 Å². The fourth-order valence-corrected chi connectivity index (χ4v) is 3.72. The minimum atomic E-state index is -0.326. The van der Waals surface area contributed by atoms with Gasteiger partial charge in [0.25, 0.3) is 5.56 Å². The van der Waals surface area contributed by atoms with Crippen LogP contribution in [0.2, 0.25) is 0 Å². The van der Waals surface area contributed by atoms with E-state index in [-0.39, 0.29) is 30.0 Å². The lowest BCUT2D eigenvalue weighted by atomic mass is 9.89. The molecule has 1 saturated carbocycles. The summed E-state index contributed by atoms with van der Waals surface area (Å²) in [7, 11) is 0. The van der Waals surface area contributed by atoms with E-state index >= 15 is 0 Å². The molecule has 3 rings (SSSR count). The molecule has 1 aromatic heterocycles. The molecule has 31 heavy (non-hydrogen) atoms. The van der Waals surface area contributed by atoms with E-state index in [0.29, 0.717) is 42.9 Å². The maximum Gasteiger partial charge on any atom is 0.273 e. The zero-order chi connectivity index (χ0) is 21.9. The molecule has 0 spiro atoms. The summed E-state index contributed by atoms with van der Waals surface area (Å²) >= 11 is 0. The van der Waals surface area contributed by atoms with Gasteiger partial charge < -0.3 is 19.8 Å². The van der Waals surface area contributed by atoms with Crippen LogP contribution >= 0.6 is 0 Å². The first-order valence-electron chi connectivity index (χ1n) is 11.2. The number of H-pyrrole nitrogens is 1. The van der Waals surface area contributed by atoms with Gasteiger partial charge in [0.2, 0.25) is 5.91 Å². The number of carbonyl (C=O) groups is 1. The van der Waals surface area contributed by atoms with E-state index < -0.39 is 0 Å². The molecule has 0 atom stereocenters. The van der Waals surface area contributed by atoms with Crippen molar-refractivity contribution in [3.63, 3.8) is 0 Å². The fraction of sp³-hybridized carbons (Fsp3) is 0.565. The molecule has 168 valence electrons. The molecule has 0 bridgehead atoms. The SMILES string of the molecule is CCOCCOc1cccc(-c2nnc(CCC(=O)NCC3CCCCC3)c(=O)[nH]2)c1. The van der Waals surface area contributed by atoms with Crippen molar-refractivity contribution in [3.8, 4) is 17.1 Å². The van der Waals surface area contributed by atoms with E-state index in [0.717, 1.165) is 6.54 Å². The van der Waals surface area contributed by atoms with Gasteiger partial charge in [0.15, 0.2) is 5.82 Å². The highest BCUT2D eigenvalue weighted by atomic mass is 16.5. The Morgan fingerprint density at radius 1 is 1.19 bits per heavy atom. The molecule has 1 amide bonds. The number of aromatic amines is 1. The van der Waals surface area contributed by atoms with Crippen LogP contribution in [0.1, 0.15) is 51.1 Å². The van der Waals surface area contributed by atoms with Crippen LogP contribution < -0.4 is 15.6 Å². The minimum Gasteiger partial charge on any atom is -0.491 e. The molecule has 1 fully saturated rings. The largest absolute Gasteiger partial charge is 0.491 e. The molecular formula is C23H32N4O4. The number of ether oxygens (including phenoxy) is 2. The van der Waals surface area contributed by atoms with Crippen molar-refractivity contribution in [1.29, 1.82) is 0 Å². The number of nitrogens with zero attached hydrogens (tertiary/aromatic N) is 2. The highest BCUT2D eigenvalue weighted by Gasteiger charge is 2.15. The first-order chi connectivity index (χ1) is 15.2. The second kappa shape index (κ2) is 12.2. The molecular weight excluding hydrogens is 396 g/mol. The average Bonchev–Trinajstić information content (AvgIpc) is 2.80. The van der Waals surface area contributed by atoms with Gasteiger partial charge in [-0.25, -0.2) is 0 Å². The third-order valence-corrected chi connectivity index (χ3v) is 5.47. The maximum atomic E-state index is 12.4. The summed E-state index contributed by atoms with van der Waals surface area (Å²) in [5, 5.41) is 11.2. The molecule has 2 N–H and O–H groups in total. The van der Waals surface area contributed by atoms with Gasteiger partial charge >= 0.3 is 0 Å². The number of nitrogens with one attached hydrogen (secondary N) is 2. The van der Waals surface area contributed by atoms with Crippen molar-refractivity contribution >= 4 is 5.91 Å². The summed E-state index contributed by atoms with van der Waals surface area (Å²) in [4.78, 5) is 27.3. The van der Waals surface area contributed by atoms with Gasteiger partial charge in [-0.3, -0.25) is 9.59 Å². The van der Waals surface area contributed by atoms with Gasteiger partial charge in [0.05, 0.1) is 6.61 Å². The third-order valence-electron chi connectivity index (χ3n) is 5.47. The van der Waals surface area contributed by atoms with Crippen LogP contribution in [0.25, 0.3) is 11.4 Å². The first kappa shape index (κ1) is 22.9. The summed E-state index contributed by atoms with van der Waals surface area (Å²) in [6.45, 7) is 4.27. The normalized spacial score (nSPS) is 14.4. The molecule has 1 aromatic carbocycles. The maximum absolute atomic E-state index is 12.4. The second-order valence-electron chi connectivity index (χ2n) is 7.83. The van der Waals surface area contributed by atoms with Crippen LogP contribution in [0.3, 0.4) is 0 Å². The molecule has 1 aliphatic carbocycles. The fourth-order valence-electron chi connectivity index (χ4n) is 3.72. The van der Waals surface area contributed by atoms with Crippen molar-refractivity contribution in [1.82, 2.24) is 20.5 Å². The number of aromatic nitrogens is 3. The minimum absolute atomic E-state index is 0.0484. The van der Waals surface area contributed by atoms with Crippen LogP contribution in [-0.4, -0.2) is 47.5 Å². The van der Waals surface area contributed by atoms with Crippen LogP contribution in [0.4, 0.5) is 0 Å². The number of hydrogen-bond acceptors (Lipinski definition) is 6. The molecule has 0 saturated heterocycles. The van der Waals surface area contributed by atoms with Crippen LogP contribution in [-0.2, 0) is 16.0 Å². The predicted octanol–water partition coefficient (Wildman–Crippen LogP) is 2.88. The Hall–Kier alpha value is -2.74. The van der Waals surface area contributed by atoms with Crippen molar-refractivity contribution < 1.29 is 14.3 Å². The molecule has 0 radical (unpaired) electrons.